The van der Waals surface area contributed by atoms with Gasteiger partial charge >= 0.3 is 5.97 Å². The largest absolute Gasteiger partial charge is 0.478 e. The van der Waals surface area contributed by atoms with Gasteiger partial charge in [0.05, 0.1) is 11.1 Å². The van der Waals surface area contributed by atoms with Crippen LogP contribution in [-0.2, 0) is 0 Å². The van der Waals surface area contributed by atoms with Crippen LogP contribution in [0, 0.1) is 0 Å². The first-order valence-corrected chi connectivity index (χ1v) is 7.52. The smallest absolute Gasteiger partial charge is 0.336 e. The number of piperidine rings is 1. The van der Waals surface area contributed by atoms with Gasteiger partial charge in [-0.3, -0.25) is 4.79 Å². The summed E-state index contributed by atoms with van der Waals surface area (Å²) in [4.78, 5) is 26.0. The Kier molecular flexibility index (Phi) is 3.92. The lowest BCUT2D eigenvalue weighted by molar-refractivity contribution is 0.0689. The number of hydrogen-bond donors (Lipinski definition) is 2. The van der Waals surface area contributed by atoms with Crippen LogP contribution in [0.4, 0.5) is 0 Å². The Morgan fingerprint density at radius 3 is 2.67 bits per heavy atom. The van der Waals surface area contributed by atoms with Gasteiger partial charge in [0.15, 0.2) is 0 Å². The van der Waals surface area contributed by atoms with E-state index in [0.29, 0.717) is 6.04 Å². The second-order valence-electron chi connectivity index (χ2n) is 5.88. The predicted octanol–water partition coefficient (Wildman–Crippen LogP) is 1.74. The fraction of sp³-hybridized carbons (Fsp3) is 0.500. The van der Waals surface area contributed by atoms with E-state index in [-0.39, 0.29) is 23.1 Å². The van der Waals surface area contributed by atoms with Crippen LogP contribution in [0.2, 0.25) is 0 Å². The number of amides is 1. The molecule has 21 heavy (non-hydrogen) atoms. The normalized spacial score (nSPS) is 25.3. The van der Waals surface area contributed by atoms with E-state index in [9.17, 15) is 9.59 Å². The summed E-state index contributed by atoms with van der Waals surface area (Å²) in [5.74, 6) is -1.34. The number of carboxylic acid groups (broad SMARTS) is 1. The maximum Gasteiger partial charge on any atom is 0.336 e. The van der Waals surface area contributed by atoms with E-state index < -0.39 is 5.97 Å². The molecule has 1 aromatic carbocycles. The van der Waals surface area contributed by atoms with Crippen LogP contribution in [0.5, 0.6) is 0 Å². The van der Waals surface area contributed by atoms with E-state index in [4.69, 9.17) is 5.11 Å². The Morgan fingerprint density at radius 2 is 1.90 bits per heavy atom. The van der Waals surface area contributed by atoms with Crippen molar-refractivity contribution in [2.45, 2.75) is 37.8 Å². The number of benzene rings is 1. The van der Waals surface area contributed by atoms with Crippen molar-refractivity contribution in [3.63, 3.8) is 0 Å². The highest BCUT2D eigenvalue weighted by Gasteiger charge is 2.32. The topological polar surface area (TPSA) is 69.6 Å². The Morgan fingerprint density at radius 1 is 1.14 bits per heavy atom. The van der Waals surface area contributed by atoms with Crippen molar-refractivity contribution in [1.29, 1.82) is 0 Å². The van der Waals surface area contributed by atoms with Gasteiger partial charge in [-0.1, -0.05) is 12.1 Å². The monoisotopic (exact) mass is 288 g/mol. The van der Waals surface area contributed by atoms with Gasteiger partial charge in [0.2, 0.25) is 0 Å². The summed E-state index contributed by atoms with van der Waals surface area (Å²) in [5.41, 5.74) is 0.312. The second kappa shape index (κ2) is 5.85. The maximum absolute atomic E-state index is 12.3. The van der Waals surface area contributed by atoms with E-state index in [1.807, 2.05) is 0 Å². The van der Waals surface area contributed by atoms with Crippen LogP contribution in [0.1, 0.15) is 46.4 Å². The second-order valence-corrected chi connectivity index (χ2v) is 5.88. The van der Waals surface area contributed by atoms with Crippen LogP contribution in [-0.4, -0.2) is 47.1 Å². The first kappa shape index (κ1) is 14.1. The minimum atomic E-state index is -1.06. The van der Waals surface area contributed by atoms with Crippen molar-refractivity contribution < 1.29 is 14.7 Å². The average molecular weight is 288 g/mol. The molecule has 2 heterocycles. The third-order valence-corrected chi connectivity index (χ3v) is 4.56. The van der Waals surface area contributed by atoms with Gasteiger partial charge < -0.3 is 15.3 Å². The Balaban J connectivity index is 1.68. The molecule has 0 saturated carbocycles. The van der Waals surface area contributed by atoms with E-state index in [2.05, 4.69) is 10.2 Å². The molecule has 3 rings (SSSR count). The number of hydrogen-bond acceptors (Lipinski definition) is 3. The lowest BCUT2D eigenvalue weighted by Crippen LogP contribution is -2.47. The summed E-state index contributed by atoms with van der Waals surface area (Å²) in [6.45, 7) is 2.20. The number of carbonyl (C=O) groups is 2. The van der Waals surface area contributed by atoms with Gasteiger partial charge in [0, 0.05) is 18.6 Å². The van der Waals surface area contributed by atoms with Crippen LogP contribution in [0.25, 0.3) is 0 Å². The number of nitrogens with one attached hydrogen (secondary N) is 1. The predicted molar refractivity (Wildman–Crippen MR) is 78.5 cm³/mol. The molecular formula is C16H20N2O3. The Labute approximate surface area is 123 Å². The lowest BCUT2D eigenvalue weighted by atomic mass is 9.97. The van der Waals surface area contributed by atoms with Crippen LogP contribution >= 0.6 is 0 Å². The minimum absolute atomic E-state index is 0.0632. The zero-order valence-corrected chi connectivity index (χ0v) is 11.9. The third-order valence-electron chi connectivity index (χ3n) is 4.56. The molecule has 0 radical (unpaired) electrons. The summed E-state index contributed by atoms with van der Waals surface area (Å²) in [6.07, 6.45) is 4.36. The highest BCUT2D eigenvalue weighted by Crippen LogP contribution is 2.27. The van der Waals surface area contributed by atoms with Crippen molar-refractivity contribution in [2.24, 2.45) is 0 Å². The molecule has 2 aliphatic rings. The van der Waals surface area contributed by atoms with Crippen molar-refractivity contribution in [3.8, 4) is 0 Å². The van der Waals surface area contributed by atoms with Gasteiger partial charge in [-0.05, 0) is 44.4 Å². The Hall–Kier alpha value is -1.88. The van der Waals surface area contributed by atoms with Crippen LogP contribution in [0.3, 0.4) is 0 Å². The number of aromatic carboxylic acids is 1. The molecule has 5 nitrogen and oxygen atoms in total. The first-order chi connectivity index (χ1) is 10.1. The summed E-state index contributed by atoms with van der Waals surface area (Å²) >= 11 is 0. The summed E-state index contributed by atoms with van der Waals surface area (Å²) in [5, 5.41) is 12.2. The summed E-state index contributed by atoms with van der Waals surface area (Å²) in [7, 11) is 0. The van der Waals surface area contributed by atoms with Gasteiger partial charge in [-0.15, -0.1) is 0 Å². The highest BCUT2D eigenvalue weighted by molar-refractivity contribution is 6.04. The molecule has 0 spiro atoms. The minimum Gasteiger partial charge on any atom is -0.478 e. The zero-order chi connectivity index (χ0) is 14.8. The molecule has 0 aromatic heterocycles. The fourth-order valence-corrected chi connectivity index (χ4v) is 3.49. The van der Waals surface area contributed by atoms with Gasteiger partial charge in [0.25, 0.3) is 5.91 Å². The average Bonchev–Trinajstić information content (AvgIpc) is 2.94. The fourth-order valence-electron chi connectivity index (χ4n) is 3.49. The van der Waals surface area contributed by atoms with Crippen molar-refractivity contribution >= 4 is 11.9 Å². The van der Waals surface area contributed by atoms with Crippen LogP contribution in [0.15, 0.2) is 24.3 Å². The zero-order valence-electron chi connectivity index (χ0n) is 11.9. The van der Waals surface area contributed by atoms with Crippen molar-refractivity contribution in [2.75, 3.05) is 13.1 Å². The number of carbonyl (C=O) groups excluding carboxylic acids is 1. The molecular weight excluding hydrogens is 268 g/mol. The maximum atomic E-state index is 12.3. The quantitative estimate of drug-likeness (QED) is 0.889. The lowest BCUT2D eigenvalue weighted by Gasteiger charge is -2.35. The van der Waals surface area contributed by atoms with E-state index in [1.54, 1.807) is 18.2 Å². The molecule has 0 aliphatic carbocycles. The molecule has 2 N–H and O–H groups in total. The van der Waals surface area contributed by atoms with Crippen molar-refractivity contribution in [1.82, 2.24) is 10.2 Å². The number of fused-ring (bicyclic) bond motifs is 1. The molecule has 2 aliphatic heterocycles. The highest BCUT2D eigenvalue weighted by atomic mass is 16.4. The molecule has 5 heteroatoms. The third kappa shape index (κ3) is 2.93. The molecule has 2 unspecified atom stereocenters. The van der Waals surface area contributed by atoms with Gasteiger partial charge in [0.1, 0.15) is 0 Å². The molecule has 1 aromatic rings. The molecule has 2 atom stereocenters. The molecule has 2 fully saturated rings. The van der Waals surface area contributed by atoms with E-state index in [1.165, 1.54) is 25.5 Å². The standard InChI is InChI=1S/C16H20N2O3/c19-15(13-5-1-2-6-14(13)16(20)21)17-11-7-9-18-8-3-4-12(18)10-11/h1-2,5-6,11-12H,3-4,7-10H2,(H,17,19)(H,20,21). The van der Waals surface area contributed by atoms with Gasteiger partial charge in [-0.2, -0.15) is 0 Å². The van der Waals surface area contributed by atoms with Crippen LogP contribution < -0.4 is 5.32 Å². The van der Waals surface area contributed by atoms with E-state index >= 15 is 0 Å². The summed E-state index contributed by atoms with van der Waals surface area (Å²) in [6, 6.07) is 7.11. The SMILES string of the molecule is O=C(O)c1ccccc1C(=O)NC1CCN2CCCC2C1. The Bertz CT molecular complexity index is 558. The molecule has 112 valence electrons. The molecule has 2 saturated heterocycles. The van der Waals surface area contributed by atoms with Crippen molar-refractivity contribution in [3.05, 3.63) is 35.4 Å². The van der Waals surface area contributed by atoms with Gasteiger partial charge in [-0.25, -0.2) is 4.79 Å². The molecule has 1 amide bonds. The number of rotatable bonds is 3. The molecule has 0 bridgehead atoms. The summed E-state index contributed by atoms with van der Waals surface area (Å²) < 4.78 is 0. The number of carboxylic acids is 1. The van der Waals surface area contributed by atoms with E-state index in [0.717, 1.165) is 19.4 Å². The first-order valence-electron chi connectivity index (χ1n) is 7.52. The number of nitrogens with zero attached hydrogens (tertiary/aromatic N) is 1.